The summed E-state index contributed by atoms with van der Waals surface area (Å²) in [6.45, 7) is 4.84. The van der Waals surface area contributed by atoms with E-state index in [4.69, 9.17) is 21.2 Å². The Bertz CT molecular complexity index is 1050. The van der Waals surface area contributed by atoms with Gasteiger partial charge in [-0.2, -0.15) is 4.31 Å². The number of hydrogen-bond donors (Lipinski definition) is 0. The summed E-state index contributed by atoms with van der Waals surface area (Å²) in [5.41, 5.74) is 1.00. The lowest BCUT2D eigenvalue weighted by atomic mass is 10.3. The number of sulfonamides is 1. The van der Waals surface area contributed by atoms with E-state index in [2.05, 4.69) is 10.3 Å². The van der Waals surface area contributed by atoms with Gasteiger partial charge >= 0.3 is 0 Å². The van der Waals surface area contributed by atoms with Crippen LogP contribution in [0.4, 0.5) is 0 Å². The summed E-state index contributed by atoms with van der Waals surface area (Å²) in [7, 11) is -3.58. The molecular weight excluding hydrogens is 404 g/mol. The monoisotopic (exact) mass is 424 g/mol. The van der Waals surface area contributed by atoms with Crippen LogP contribution in [0.2, 0.25) is 5.02 Å². The molecule has 28 heavy (non-hydrogen) atoms. The average Bonchev–Trinajstić information content (AvgIpc) is 3.08. The van der Waals surface area contributed by atoms with Crippen LogP contribution in [0, 0.1) is 0 Å². The van der Waals surface area contributed by atoms with Crippen LogP contribution >= 0.6 is 11.6 Å². The van der Waals surface area contributed by atoms with E-state index in [0.717, 1.165) is 0 Å². The van der Waals surface area contributed by atoms with Gasteiger partial charge in [0.2, 0.25) is 10.0 Å². The zero-order valence-electron chi connectivity index (χ0n) is 15.6. The lowest BCUT2D eigenvalue weighted by molar-refractivity contribution is 0.0639. The second kappa shape index (κ2) is 8.76. The molecule has 0 N–H and O–H groups in total. The molecule has 0 radical (unpaired) electrons. The minimum absolute atomic E-state index is 0.172. The number of fused-ring (bicyclic) bond motifs is 1. The van der Waals surface area contributed by atoms with Crippen molar-refractivity contribution < 1.29 is 18.0 Å². The maximum Gasteiger partial charge on any atom is 0.243 e. The number of benzene rings is 2. The molecule has 0 saturated heterocycles. The van der Waals surface area contributed by atoms with Crippen molar-refractivity contribution in [3.8, 4) is 5.75 Å². The van der Waals surface area contributed by atoms with Gasteiger partial charge in [0, 0.05) is 18.1 Å². The summed E-state index contributed by atoms with van der Waals surface area (Å²) in [4.78, 5) is 6.95. The summed E-state index contributed by atoms with van der Waals surface area (Å²) in [6, 6.07) is 11.7. The Morgan fingerprint density at radius 1 is 1.11 bits per heavy atom. The van der Waals surface area contributed by atoms with Crippen LogP contribution in [-0.2, 0) is 10.0 Å². The standard InChI is InChI=1S/C18H21ClN4O4S/c1-3-22(4-2)28(24,25)16-8-9-17-18(13-16)23(21-20-17)27-11-10-26-15-7-5-6-14(19)12-15/h5-9,12-13H,3-4,10-11H2,1-2H3. The molecule has 0 aliphatic heterocycles. The Morgan fingerprint density at radius 2 is 1.89 bits per heavy atom. The lowest BCUT2D eigenvalue weighted by Gasteiger charge is -2.18. The van der Waals surface area contributed by atoms with E-state index in [1.807, 2.05) is 0 Å². The minimum Gasteiger partial charge on any atom is -0.490 e. The second-order valence-corrected chi connectivity index (χ2v) is 8.22. The van der Waals surface area contributed by atoms with Crippen molar-refractivity contribution in [2.45, 2.75) is 18.7 Å². The fourth-order valence-corrected chi connectivity index (χ4v) is 4.35. The molecule has 0 saturated carbocycles. The number of aromatic nitrogens is 3. The van der Waals surface area contributed by atoms with E-state index in [1.165, 1.54) is 21.3 Å². The van der Waals surface area contributed by atoms with Crippen molar-refractivity contribution in [1.82, 2.24) is 19.5 Å². The summed E-state index contributed by atoms with van der Waals surface area (Å²) in [5.74, 6) is 0.632. The summed E-state index contributed by atoms with van der Waals surface area (Å²) in [6.07, 6.45) is 0. The van der Waals surface area contributed by atoms with E-state index in [9.17, 15) is 8.42 Å². The largest absolute Gasteiger partial charge is 0.490 e. The Kier molecular flexibility index (Phi) is 6.38. The first kappa shape index (κ1) is 20.4. The molecule has 3 aromatic rings. The normalized spacial score (nSPS) is 11.9. The van der Waals surface area contributed by atoms with Gasteiger partial charge in [-0.05, 0) is 41.6 Å². The van der Waals surface area contributed by atoms with E-state index in [1.54, 1.807) is 44.2 Å². The first-order valence-electron chi connectivity index (χ1n) is 8.83. The molecule has 2 aromatic carbocycles. The predicted molar refractivity (Wildman–Crippen MR) is 106 cm³/mol. The number of halogens is 1. The van der Waals surface area contributed by atoms with Crippen LogP contribution in [0.1, 0.15) is 13.8 Å². The molecule has 150 valence electrons. The van der Waals surface area contributed by atoms with Gasteiger partial charge in [0.15, 0.2) is 6.61 Å². The van der Waals surface area contributed by atoms with Gasteiger partial charge in [0.25, 0.3) is 0 Å². The Hall–Kier alpha value is -2.36. The molecule has 0 atom stereocenters. The smallest absolute Gasteiger partial charge is 0.243 e. The molecule has 0 spiro atoms. The highest BCUT2D eigenvalue weighted by Gasteiger charge is 2.22. The van der Waals surface area contributed by atoms with E-state index in [0.29, 0.717) is 34.9 Å². The van der Waals surface area contributed by atoms with Gasteiger partial charge in [-0.3, -0.25) is 0 Å². The van der Waals surface area contributed by atoms with Gasteiger partial charge in [0.05, 0.1) is 4.90 Å². The maximum absolute atomic E-state index is 12.7. The molecule has 0 fully saturated rings. The first-order valence-corrected chi connectivity index (χ1v) is 10.6. The lowest BCUT2D eigenvalue weighted by Crippen LogP contribution is -2.30. The second-order valence-electron chi connectivity index (χ2n) is 5.84. The number of ether oxygens (including phenoxy) is 1. The Labute approximate surface area is 168 Å². The molecule has 3 rings (SSSR count). The molecule has 0 unspecified atom stereocenters. The Balaban J connectivity index is 1.72. The third kappa shape index (κ3) is 4.37. The van der Waals surface area contributed by atoms with Crippen LogP contribution in [0.5, 0.6) is 5.75 Å². The van der Waals surface area contributed by atoms with Crippen LogP contribution in [0.25, 0.3) is 11.0 Å². The first-order chi connectivity index (χ1) is 13.5. The molecule has 0 aliphatic rings. The molecule has 0 amide bonds. The number of hydrogen-bond acceptors (Lipinski definition) is 6. The van der Waals surface area contributed by atoms with Crippen molar-refractivity contribution in [2.75, 3.05) is 26.3 Å². The van der Waals surface area contributed by atoms with Crippen molar-refractivity contribution in [1.29, 1.82) is 0 Å². The van der Waals surface area contributed by atoms with Gasteiger partial charge in [-0.25, -0.2) is 8.42 Å². The summed E-state index contributed by atoms with van der Waals surface area (Å²) >= 11 is 5.91. The van der Waals surface area contributed by atoms with Crippen LogP contribution in [0.15, 0.2) is 47.4 Å². The Morgan fingerprint density at radius 3 is 2.61 bits per heavy atom. The highest BCUT2D eigenvalue weighted by molar-refractivity contribution is 7.89. The zero-order chi connectivity index (χ0) is 20.1. The highest BCUT2D eigenvalue weighted by atomic mass is 35.5. The van der Waals surface area contributed by atoms with E-state index in [-0.39, 0.29) is 18.1 Å². The van der Waals surface area contributed by atoms with Gasteiger partial charge in [-0.15, -0.1) is 5.10 Å². The molecule has 1 aromatic heterocycles. The van der Waals surface area contributed by atoms with Crippen LogP contribution in [-0.4, -0.2) is 54.2 Å². The summed E-state index contributed by atoms with van der Waals surface area (Å²) < 4.78 is 32.4. The van der Waals surface area contributed by atoms with Gasteiger partial charge in [-0.1, -0.05) is 36.4 Å². The van der Waals surface area contributed by atoms with Gasteiger partial charge in [0.1, 0.15) is 23.4 Å². The highest BCUT2D eigenvalue weighted by Crippen LogP contribution is 2.20. The molecule has 10 heteroatoms. The van der Waals surface area contributed by atoms with E-state index >= 15 is 0 Å². The zero-order valence-corrected chi connectivity index (χ0v) is 17.2. The molecule has 0 aliphatic carbocycles. The summed E-state index contributed by atoms with van der Waals surface area (Å²) in [5, 5.41) is 8.50. The van der Waals surface area contributed by atoms with Gasteiger partial charge < -0.3 is 9.57 Å². The maximum atomic E-state index is 12.7. The third-order valence-corrected chi connectivity index (χ3v) is 6.37. The minimum atomic E-state index is -3.58. The fraction of sp³-hybridized carbons (Fsp3) is 0.333. The number of nitrogens with zero attached hydrogens (tertiary/aromatic N) is 4. The van der Waals surface area contributed by atoms with E-state index < -0.39 is 10.0 Å². The van der Waals surface area contributed by atoms with Crippen molar-refractivity contribution in [3.63, 3.8) is 0 Å². The molecular formula is C18H21ClN4O4S. The van der Waals surface area contributed by atoms with Crippen molar-refractivity contribution >= 4 is 32.7 Å². The van der Waals surface area contributed by atoms with Crippen molar-refractivity contribution in [2.24, 2.45) is 0 Å². The predicted octanol–water partition coefficient (Wildman–Crippen LogP) is 2.62. The molecule has 8 nitrogen and oxygen atoms in total. The number of rotatable bonds is 9. The average molecular weight is 425 g/mol. The van der Waals surface area contributed by atoms with Crippen LogP contribution in [0.3, 0.4) is 0 Å². The quantitative estimate of drug-likeness (QED) is 0.491. The third-order valence-electron chi connectivity index (χ3n) is 4.09. The fourth-order valence-electron chi connectivity index (χ4n) is 2.69. The molecule has 0 bridgehead atoms. The molecule has 1 heterocycles. The SMILES string of the molecule is CCN(CC)S(=O)(=O)c1ccc2nnn(OCCOc3cccc(Cl)c3)c2c1. The van der Waals surface area contributed by atoms with Crippen molar-refractivity contribution in [3.05, 3.63) is 47.5 Å². The topological polar surface area (TPSA) is 86.6 Å². The van der Waals surface area contributed by atoms with Crippen LogP contribution < -0.4 is 9.57 Å².